The Balaban J connectivity index is 4.42. The van der Waals surface area contributed by atoms with E-state index in [2.05, 4.69) is 37.2 Å². The Morgan fingerprint density at radius 3 is 1.38 bits per heavy atom. The lowest BCUT2D eigenvalue weighted by Gasteiger charge is -2.35. The van der Waals surface area contributed by atoms with Gasteiger partial charge in [-0.25, -0.2) is 0 Å². The van der Waals surface area contributed by atoms with Gasteiger partial charge in [0, 0.05) is 0 Å². The molecule has 13 heavy (non-hydrogen) atoms. The summed E-state index contributed by atoms with van der Waals surface area (Å²) in [4.78, 5) is -1.75. The van der Waals surface area contributed by atoms with Crippen molar-refractivity contribution in [2.45, 2.75) is 32.4 Å². The fourth-order valence-corrected chi connectivity index (χ4v) is 1.37. The zero-order valence-electron chi connectivity index (χ0n) is 6.92. The highest BCUT2D eigenvalue weighted by atomic mass is 79.9. The smallest absolute Gasteiger partial charge is 0.120 e. The predicted molar refractivity (Wildman–Crippen MR) is 68.8 cm³/mol. The van der Waals surface area contributed by atoms with Gasteiger partial charge in [0.05, 0.1) is 0 Å². The lowest BCUT2D eigenvalue weighted by Crippen LogP contribution is -2.55. The van der Waals surface area contributed by atoms with Crippen LogP contribution in [0.1, 0.15) is 13.8 Å². The van der Waals surface area contributed by atoms with E-state index >= 15 is 0 Å². The molecular formula is C6H9Br2Cl4N. The molecule has 0 aromatic rings. The van der Waals surface area contributed by atoms with E-state index in [0.717, 1.165) is 0 Å². The average Bonchev–Trinajstić information content (AvgIpc) is 1.83. The zero-order valence-corrected chi connectivity index (χ0v) is 13.1. The summed E-state index contributed by atoms with van der Waals surface area (Å²) < 4.78 is -0.912. The Morgan fingerprint density at radius 1 is 1.00 bits per heavy atom. The molecule has 0 saturated heterocycles. The van der Waals surface area contributed by atoms with E-state index in [1.807, 2.05) is 0 Å². The second-order valence-corrected chi connectivity index (χ2v) is 8.21. The van der Waals surface area contributed by atoms with Gasteiger partial charge in [-0.2, -0.15) is 0 Å². The molecule has 0 aliphatic carbocycles. The van der Waals surface area contributed by atoms with Crippen molar-refractivity contribution in [1.29, 1.82) is 0 Å². The van der Waals surface area contributed by atoms with Crippen LogP contribution in [0, 0.1) is 0 Å². The SMILES string of the molecule is CC(Cl)(NC(C)(Cl)C(Cl)Br)C(Cl)Br. The minimum absolute atomic E-state index is 0.456. The van der Waals surface area contributed by atoms with E-state index in [4.69, 9.17) is 46.4 Å². The van der Waals surface area contributed by atoms with Gasteiger partial charge >= 0.3 is 0 Å². The molecule has 0 aromatic heterocycles. The van der Waals surface area contributed by atoms with Gasteiger partial charge in [0.15, 0.2) is 0 Å². The largest absolute Gasteiger partial charge is 0.277 e. The van der Waals surface area contributed by atoms with Crippen molar-refractivity contribution in [3.63, 3.8) is 0 Å². The van der Waals surface area contributed by atoms with E-state index in [9.17, 15) is 0 Å². The third-order valence-electron chi connectivity index (χ3n) is 1.31. The molecule has 0 fully saturated rings. The molecule has 0 aliphatic heterocycles. The Labute approximate surface area is 115 Å². The standard InChI is InChI=1S/C6H9Br2Cl4N/c1-5(11,3(7)9)13-6(2,12)4(8)10/h3-4,13H,1-2H3. The van der Waals surface area contributed by atoms with Crippen LogP contribution in [-0.2, 0) is 0 Å². The van der Waals surface area contributed by atoms with Crippen LogP contribution in [0.3, 0.4) is 0 Å². The van der Waals surface area contributed by atoms with Crippen LogP contribution in [0.4, 0.5) is 0 Å². The molecule has 0 spiro atoms. The fourth-order valence-electron chi connectivity index (χ4n) is 0.587. The van der Waals surface area contributed by atoms with Gasteiger partial charge < -0.3 is 0 Å². The molecule has 1 nitrogen and oxygen atoms in total. The number of rotatable bonds is 4. The highest BCUT2D eigenvalue weighted by Crippen LogP contribution is 2.33. The van der Waals surface area contributed by atoms with Crippen LogP contribution in [0.25, 0.3) is 0 Å². The quantitative estimate of drug-likeness (QED) is 0.548. The van der Waals surface area contributed by atoms with E-state index in [0.29, 0.717) is 0 Å². The number of hydrogen-bond acceptors (Lipinski definition) is 1. The summed E-state index contributed by atoms with van der Waals surface area (Å²) in [5.41, 5.74) is 0. The first-order valence-electron chi connectivity index (χ1n) is 3.33. The monoisotopic (exact) mass is 393 g/mol. The van der Waals surface area contributed by atoms with Crippen molar-refractivity contribution in [3.8, 4) is 0 Å². The number of hydrogen-bond donors (Lipinski definition) is 1. The van der Waals surface area contributed by atoms with E-state index < -0.39 is 18.6 Å². The predicted octanol–water partition coefficient (Wildman–Crippen LogP) is 4.41. The van der Waals surface area contributed by atoms with E-state index in [1.165, 1.54) is 0 Å². The molecule has 0 bridgehead atoms. The lowest BCUT2D eigenvalue weighted by molar-refractivity contribution is 0.425. The summed E-state index contributed by atoms with van der Waals surface area (Å²) in [5, 5.41) is 2.90. The van der Waals surface area contributed by atoms with Crippen molar-refractivity contribution in [3.05, 3.63) is 0 Å². The first kappa shape index (κ1) is 15.1. The van der Waals surface area contributed by atoms with E-state index in [1.54, 1.807) is 13.8 Å². The number of alkyl halides is 6. The summed E-state index contributed by atoms with van der Waals surface area (Å²) >= 11 is 30.0. The van der Waals surface area contributed by atoms with Crippen molar-refractivity contribution in [2.75, 3.05) is 0 Å². The topological polar surface area (TPSA) is 12.0 Å². The Kier molecular flexibility index (Phi) is 6.29. The van der Waals surface area contributed by atoms with Gasteiger partial charge in [-0.15, -0.1) is 23.2 Å². The van der Waals surface area contributed by atoms with E-state index in [-0.39, 0.29) is 0 Å². The van der Waals surface area contributed by atoms with Crippen molar-refractivity contribution >= 4 is 78.3 Å². The molecule has 0 heterocycles. The fraction of sp³-hybridized carbons (Fsp3) is 1.00. The maximum absolute atomic E-state index is 6.05. The maximum Gasteiger partial charge on any atom is 0.120 e. The van der Waals surface area contributed by atoms with Gasteiger partial charge in [0.1, 0.15) is 18.6 Å². The highest BCUT2D eigenvalue weighted by molar-refractivity contribution is 9.10. The minimum atomic E-state index is -0.876. The van der Waals surface area contributed by atoms with Gasteiger partial charge in [-0.05, 0) is 13.8 Å². The van der Waals surface area contributed by atoms with Gasteiger partial charge in [0.2, 0.25) is 0 Å². The van der Waals surface area contributed by atoms with Gasteiger partial charge in [-0.3, -0.25) is 5.32 Å². The van der Waals surface area contributed by atoms with Crippen molar-refractivity contribution in [1.82, 2.24) is 5.32 Å². The second-order valence-electron chi connectivity index (χ2n) is 2.88. The minimum Gasteiger partial charge on any atom is -0.277 e. The summed E-state index contributed by atoms with van der Waals surface area (Å²) in [6.07, 6.45) is 0. The number of nitrogens with one attached hydrogen (secondary N) is 1. The number of halogens is 6. The van der Waals surface area contributed by atoms with Crippen LogP contribution in [-0.4, -0.2) is 18.6 Å². The molecule has 1 N–H and O–H groups in total. The molecule has 7 heteroatoms. The molecule has 0 rings (SSSR count). The van der Waals surface area contributed by atoms with Crippen molar-refractivity contribution in [2.24, 2.45) is 0 Å². The molecule has 0 radical (unpaired) electrons. The third kappa shape index (κ3) is 5.10. The van der Waals surface area contributed by atoms with Crippen LogP contribution < -0.4 is 5.32 Å². The maximum atomic E-state index is 6.05. The lowest BCUT2D eigenvalue weighted by atomic mass is 10.3. The van der Waals surface area contributed by atoms with Crippen molar-refractivity contribution < 1.29 is 0 Å². The van der Waals surface area contributed by atoms with Gasteiger partial charge in [-0.1, -0.05) is 55.1 Å². The molecule has 0 aliphatic rings. The molecule has 0 amide bonds. The second kappa shape index (κ2) is 5.42. The summed E-state index contributed by atoms with van der Waals surface area (Å²) in [6, 6.07) is 0. The summed E-state index contributed by atoms with van der Waals surface area (Å²) in [7, 11) is 0. The Bertz CT molecular complexity index is 154. The molecule has 4 atom stereocenters. The summed E-state index contributed by atoms with van der Waals surface area (Å²) in [6.45, 7) is 3.40. The van der Waals surface area contributed by atoms with Gasteiger partial charge in [0.25, 0.3) is 0 Å². The Hall–Kier alpha value is 2.08. The zero-order chi connectivity index (χ0) is 10.9. The molecule has 4 unspecified atom stereocenters. The molecule has 0 aromatic carbocycles. The normalized spacial score (nSPS) is 25.8. The van der Waals surface area contributed by atoms with Crippen LogP contribution in [0.5, 0.6) is 0 Å². The Morgan fingerprint density at radius 2 is 1.23 bits per heavy atom. The summed E-state index contributed by atoms with van der Waals surface area (Å²) in [5.74, 6) is 0. The van der Waals surface area contributed by atoms with Crippen LogP contribution in [0.15, 0.2) is 0 Å². The first-order chi connectivity index (χ1) is 5.59. The van der Waals surface area contributed by atoms with Crippen LogP contribution in [0.2, 0.25) is 0 Å². The third-order valence-corrected chi connectivity index (χ3v) is 5.39. The molecule has 0 saturated carbocycles. The highest BCUT2D eigenvalue weighted by Gasteiger charge is 2.39. The average molecular weight is 397 g/mol. The first-order valence-corrected chi connectivity index (χ1v) is 6.79. The molecule has 80 valence electrons. The van der Waals surface area contributed by atoms with Crippen LogP contribution >= 0.6 is 78.3 Å². The molecular weight excluding hydrogens is 388 g/mol.